The average Bonchev–Trinajstić information content (AvgIpc) is 3.97. The van der Waals surface area contributed by atoms with Gasteiger partial charge in [0, 0.05) is 49.7 Å². The fourth-order valence-corrected chi connectivity index (χ4v) is 10.9. The average molecular weight is 1040 g/mol. The molecule has 0 fully saturated rings. The molecule has 1 aliphatic heterocycles. The Morgan fingerprint density at radius 2 is 1.27 bits per heavy atom. The Morgan fingerprint density at radius 1 is 0.582 bits per heavy atom. The zero-order chi connectivity index (χ0) is 44.5. The van der Waals surface area contributed by atoms with E-state index < -0.39 is 0 Å². The van der Waals surface area contributed by atoms with E-state index in [-0.39, 0.29) is 31.9 Å². The van der Waals surface area contributed by atoms with Gasteiger partial charge in [0.05, 0.1) is 16.7 Å². The fraction of sp³-hybridized carbons (Fsp3) is 0.115. The second kappa shape index (κ2) is 15.1. The van der Waals surface area contributed by atoms with E-state index >= 15 is 0 Å². The van der Waals surface area contributed by atoms with Gasteiger partial charge in [-0.05, 0) is 102 Å². The first-order valence-electron chi connectivity index (χ1n) is 22.7. The van der Waals surface area contributed by atoms with Gasteiger partial charge in [0.25, 0.3) is 6.33 Å². The van der Waals surface area contributed by atoms with Crippen LogP contribution in [0.25, 0.3) is 94.5 Å². The quantitative estimate of drug-likeness (QED) is 0.130. The molecule has 0 radical (unpaired) electrons. The number of nitrogens with zero attached hydrogens (tertiary/aromatic N) is 4. The van der Waals surface area contributed by atoms with Gasteiger partial charge in [0.1, 0.15) is 5.82 Å². The molecular weight excluding hydrogens is 1000 g/mol. The van der Waals surface area contributed by atoms with Crippen LogP contribution in [-0.4, -0.2) is 14.1 Å². The Balaban J connectivity index is 0.00000468. The van der Waals surface area contributed by atoms with E-state index in [0.717, 1.165) is 61.2 Å². The number of pyridine rings is 1. The minimum Gasteiger partial charge on any atom is -0.510 e. The van der Waals surface area contributed by atoms with Crippen molar-refractivity contribution in [3.63, 3.8) is 0 Å². The van der Waals surface area contributed by atoms with Gasteiger partial charge in [-0.3, -0.25) is 4.57 Å². The number of hydrogen-bond acceptors (Lipinski definition) is 2. The summed E-state index contributed by atoms with van der Waals surface area (Å²) < 4.78 is 13.3. The van der Waals surface area contributed by atoms with Crippen LogP contribution in [0, 0.1) is 18.5 Å². The Kier molecular flexibility index (Phi) is 9.27. The standard InChI is InChI=1S/C61H44N4O.Pt/c1-60(2,3)38-32-33-62-56(34-38)65-53-26-13-10-20-44(53)46-29-28-41(36-55(46)65)66-40-17-14-16-39(35-40)63-37-64-52-25-12-9-21-45(52)48-30-31-49-43-19-8-11-24-51(43)61(4,5)58(49)57(48)47-22-7-6-18-42(47)50-23-15-27-54(63)59(50)64;/h6-34H,1-5H3;/q-2;. The zero-order valence-electron chi connectivity index (χ0n) is 37.8. The van der Waals surface area contributed by atoms with Crippen molar-refractivity contribution in [2.45, 2.75) is 45.4 Å². The molecule has 5 nitrogen and oxygen atoms in total. The molecule has 0 saturated heterocycles. The van der Waals surface area contributed by atoms with Gasteiger partial charge >= 0.3 is 0 Å². The molecule has 0 atom stereocenters. The monoisotopic (exact) mass is 1040 g/mol. The van der Waals surface area contributed by atoms with E-state index in [9.17, 15) is 0 Å². The van der Waals surface area contributed by atoms with Crippen molar-refractivity contribution >= 4 is 32.8 Å². The first-order valence-corrected chi connectivity index (χ1v) is 22.7. The predicted molar refractivity (Wildman–Crippen MR) is 266 cm³/mol. The van der Waals surface area contributed by atoms with E-state index in [4.69, 9.17) is 9.72 Å². The van der Waals surface area contributed by atoms with Crippen molar-refractivity contribution in [1.29, 1.82) is 0 Å². The summed E-state index contributed by atoms with van der Waals surface area (Å²) in [5, 5.41) is 2.23. The number of aromatic nitrogens is 4. The molecule has 0 bridgehead atoms. The largest absolute Gasteiger partial charge is 0.510 e. The van der Waals surface area contributed by atoms with Crippen LogP contribution in [0.4, 0.5) is 0 Å². The number of benzene rings is 8. The van der Waals surface area contributed by atoms with Crippen LogP contribution in [0.2, 0.25) is 0 Å². The SMILES string of the molecule is CC(C)(C)c1ccnc(-n2c3[c-]c(Oc4[c-]c(-n5[c-][n+]6c7c(cccc75)-c5ccccc5-c5c(ccc7c5C(C)(C)c5ccccc5-7)-c5ccccc5-6)ccc4)ccc3c3ccccc32)c1.[Pt]. The second-order valence-corrected chi connectivity index (χ2v) is 19.2. The van der Waals surface area contributed by atoms with Crippen molar-refractivity contribution in [3.05, 3.63) is 211 Å². The first-order chi connectivity index (χ1) is 32.1. The third kappa shape index (κ3) is 6.18. The van der Waals surface area contributed by atoms with Crippen LogP contribution in [0.3, 0.4) is 0 Å². The number of para-hydroxylation sites is 3. The number of hydrogen-bond donors (Lipinski definition) is 0. The molecule has 6 heteroatoms. The third-order valence-electron chi connectivity index (χ3n) is 13.9. The molecule has 67 heavy (non-hydrogen) atoms. The molecule has 11 aromatic rings. The maximum atomic E-state index is 6.69. The number of ether oxygens (including phenoxy) is 1. The Labute approximate surface area is 404 Å². The summed E-state index contributed by atoms with van der Waals surface area (Å²) in [7, 11) is 0. The molecule has 1 aliphatic carbocycles. The molecule has 0 N–H and O–H groups in total. The van der Waals surface area contributed by atoms with Crippen molar-refractivity contribution in [1.82, 2.24) is 14.1 Å². The van der Waals surface area contributed by atoms with E-state index in [2.05, 4.69) is 218 Å². The first kappa shape index (κ1) is 41.1. The van der Waals surface area contributed by atoms with E-state index in [1.165, 1.54) is 50.1 Å². The third-order valence-corrected chi connectivity index (χ3v) is 13.9. The van der Waals surface area contributed by atoms with Crippen LogP contribution in [0.1, 0.15) is 51.3 Å². The van der Waals surface area contributed by atoms with Gasteiger partial charge in [0.15, 0.2) is 0 Å². The van der Waals surface area contributed by atoms with Crippen molar-refractivity contribution in [2.24, 2.45) is 0 Å². The topological polar surface area (TPSA) is 35.9 Å². The molecule has 3 aromatic heterocycles. The molecule has 8 aromatic carbocycles. The van der Waals surface area contributed by atoms with Crippen molar-refractivity contribution in [2.75, 3.05) is 0 Å². The molecule has 0 saturated carbocycles. The van der Waals surface area contributed by atoms with Crippen LogP contribution in [0.15, 0.2) is 176 Å². The van der Waals surface area contributed by atoms with Crippen LogP contribution >= 0.6 is 0 Å². The summed E-state index contributed by atoms with van der Waals surface area (Å²) in [6, 6.07) is 68.1. The van der Waals surface area contributed by atoms with E-state index in [0.29, 0.717) is 11.5 Å². The van der Waals surface area contributed by atoms with Crippen LogP contribution in [0.5, 0.6) is 11.5 Å². The summed E-state index contributed by atoms with van der Waals surface area (Å²) in [6.45, 7) is 11.5. The van der Waals surface area contributed by atoms with Gasteiger partial charge < -0.3 is 13.9 Å². The van der Waals surface area contributed by atoms with Crippen molar-refractivity contribution < 1.29 is 30.4 Å². The maximum absolute atomic E-state index is 6.69. The molecule has 13 rings (SSSR count). The van der Waals surface area contributed by atoms with Gasteiger partial charge in [-0.2, -0.15) is 18.2 Å². The smallest absolute Gasteiger partial charge is 0.268 e. The summed E-state index contributed by atoms with van der Waals surface area (Å²) in [5.41, 5.74) is 19.5. The minimum atomic E-state index is -0.204. The summed E-state index contributed by atoms with van der Waals surface area (Å²) >= 11 is 0. The van der Waals surface area contributed by atoms with E-state index in [1.54, 1.807) is 0 Å². The maximum Gasteiger partial charge on any atom is 0.268 e. The van der Waals surface area contributed by atoms with Gasteiger partial charge in [0.2, 0.25) is 0 Å². The fourth-order valence-electron chi connectivity index (χ4n) is 10.9. The van der Waals surface area contributed by atoms with E-state index in [1.807, 2.05) is 24.4 Å². The number of rotatable bonds is 4. The molecule has 4 heterocycles. The molecule has 2 aliphatic rings. The Bertz CT molecular complexity index is 3830. The molecule has 326 valence electrons. The van der Waals surface area contributed by atoms with Crippen LogP contribution < -0.4 is 9.30 Å². The molecular formula is C61H44N4OPt-2. The van der Waals surface area contributed by atoms with Crippen LogP contribution in [-0.2, 0) is 31.9 Å². The molecule has 0 amide bonds. The second-order valence-electron chi connectivity index (χ2n) is 19.2. The summed E-state index contributed by atoms with van der Waals surface area (Å²) in [5.74, 6) is 2.02. The number of imidazole rings is 1. The predicted octanol–water partition coefficient (Wildman–Crippen LogP) is 14.5. The zero-order valence-corrected chi connectivity index (χ0v) is 40.0. The summed E-state index contributed by atoms with van der Waals surface area (Å²) in [6.07, 6.45) is 5.75. The Morgan fingerprint density at radius 3 is 2.12 bits per heavy atom. The van der Waals surface area contributed by atoms with Gasteiger partial charge in [-0.15, -0.1) is 29.7 Å². The van der Waals surface area contributed by atoms with Crippen molar-refractivity contribution in [3.8, 4) is 73.2 Å². The molecule has 0 unspecified atom stereocenters. The number of fused-ring (bicyclic) bond motifs is 14. The summed E-state index contributed by atoms with van der Waals surface area (Å²) in [4.78, 5) is 4.87. The normalized spacial score (nSPS) is 13.1. The van der Waals surface area contributed by atoms with Gasteiger partial charge in [-0.1, -0.05) is 155 Å². The Hall–Kier alpha value is -7.33. The van der Waals surface area contributed by atoms with Gasteiger partial charge in [-0.25, -0.2) is 4.98 Å². The molecule has 0 spiro atoms. The minimum absolute atomic E-state index is 0.